The molecule has 2 aromatic carbocycles. The van der Waals surface area contributed by atoms with Crippen molar-refractivity contribution in [1.29, 1.82) is 0 Å². The smallest absolute Gasteiger partial charge is 0.548 e. The molecule has 0 aromatic heterocycles. The minimum Gasteiger partial charge on any atom is -0.548 e. The van der Waals surface area contributed by atoms with Gasteiger partial charge in [0.25, 0.3) is 0 Å². The van der Waals surface area contributed by atoms with Crippen molar-refractivity contribution in [3.05, 3.63) is 60.2 Å². The summed E-state index contributed by atoms with van der Waals surface area (Å²) in [6.07, 6.45) is -2.22. The maximum Gasteiger partial charge on any atom is 1.00 e. The molecule has 0 heterocycles. The molecule has 10 nitrogen and oxygen atoms in total. The summed E-state index contributed by atoms with van der Waals surface area (Å²) in [5, 5.41) is 15.8. The Morgan fingerprint density at radius 2 is 1.50 bits per heavy atom. The van der Waals surface area contributed by atoms with Crippen LogP contribution in [0.1, 0.15) is 40.2 Å². The van der Waals surface area contributed by atoms with Crippen LogP contribution in [0.15, 0.2) is 54.6 Å². The van der Waals surface area contributed by atoms with E-state index in [4.69, 9.17) is 9.47 Å². The number of rotatable bonds is 14. The molecule has 0 saturated carbocycles. The van der Waals surface area contributed by atoms with E-state index in [0.29, 0.717) is 12.2 Å². The third-order valence-electron chi connectivity index (χ3n) is 5.98. The largest absolute Gasteiger partial charge is 1.00 e. The maximum absolute atomic E-state index is 13.3. The summed E-state index contributed by atoms with van der Waals surface area (Å²) in [7, 11) is -4.16. The molecule has 5 atom stereocenters. The van der Waals surface area contributed by atoms with E-state index in [0.717, 1.165) is 11.1 Å². The number of carbonyl (C=O) groups is 3. The van der Waals surface area contributed by atoms with Crippen LogP contribution in [0, 0.1) is 11.8 Å². The zero-order valence-corrected chi connectivity index (χ0v) is 26.9. The predicted molar refractivity (Wildman–Crippen MR) is 146 cm³/mol. The summed E-state index contributed by atoms with van der Waals surface area (Å²) in [4.78, 5) is 47.2. The number of benzene rings is 2. The van der Waals surface area contributed by atoms with E-state index in [2.05, 4.69) is 10.6 Å². The van der Waals surface area contributed by atoms with E-state index < -0.39 is 55.5 Å². The molecule has 0 spiro atoms. The number of hydrogen-bond donors (Lipinski definition) is 3. The van der Waals surface area contributed by atoms with Gasteiger partial charge in [-0.15, -0.1) is 0 Å². The molecule has 0 saturated heterocycles. The van der Waals surface area contributed by atoms with Crippen molar-refractivity contribution in [3.63, 3.8) is 0 Å². The zero-order valence-electron chi connectivity index (χ0n) is 24.0. The SMILES string of the molecule is CC(C)COC(C)OC(=O)NC(C)P(=O)(O)CC(Cc1ccc(-c2ccccc2)cc1)C(=O)NC(C)C(=O)[O-].[Na+]. The number of carboxylic acids is 1. The zero-order chi connectivity index (χ0) is 29.2. The Kier molecular flexibility index (Phi) is 15.2. The van der Waals surface area contributed by atoms with Crippen molar-refractivity contribution in [3.8, 4) is 11.1 Å². The molecule has 0 aliphatic carbocycles. The molecule has 2 aromatic rings. The summed E-state index contributed by atoms with van der Waals surface area (Å²) in [6, 6.07) is 15.8. The number of alkyl carbamates (subject to hydrolysis) is 1. The van der Waals surface area contributed by atoms with Crippen LogP contribution in [-0.2, 0) is 30.0 Å². The standard InChI is InChI=1S/C28H39N2O8P.Na/c1-18(2)16-37-21(5)38-28(34)30-20(4)39(35,36)17-25(26(31)29-19(3)27(32)33)15-22-11-13-24(14-12-22)23-9-7-6-8-10-23;/h6-14,18-21,25H,15-17H2,1-5H3,(H,29,31)(H,30,34)(H,32,33)(H,35,36);/q;+1/p-1. The van der Waals surface area contributed by atoms with Gasteiger partial charge in [0.15, 0.2) is 0 Å². The summed E-state index contributed by atoms with van der Waals surface area (Å²) >= 11 is 0. The Hall–Kier alpha value is -2.20. The quantitative estimate of drug-likeness (QED) is 0.161. The Labute approximate surface area is 258 Å². The molecule has 0 fully saturated rings. The van der Waals surface area contributed by atoms with Crippen molar-refractivity contribution in [2.24, 2.45) is 11.8 Å². The van der Waals surface area contributed by atoms with E-state index in [1.165, 1.54) is 20.8 Å². The van der Waals surface area contributed by atoms with Crippen LogP contribution in [0.5, 0.6) is 0 Å². The molecule has 2 amide bonds. The van der Waals surface area contributed by atoms with Crippen molar-refractivity contribution < 1.29 is 68.0 Å². The average molecular weight is 585 g/mol. The van der Waals surface area contributed by atoms with Gasteiger partial charge in [-0.2, -0.15) is 0 Å². The Balaban J connectivity index is 0.00000800. The van der Waals surface area contributed by atoms with Gasteiger partial charge in [-0.25, -0.2) is 4.79 Å². The van der Waals surface area contributed by atoms with Gasteiger partial charge in [-0.3, -0.25) is 9.36 Å². The second kappa shape index (κ2) is 16.9. The van der Waals surface area contributed by atoms with Gasteiger partial charge in [0.1, 0.15) is 5.78 Å². The van der Waals surface area contributed by atoms with Gasteiger partial charge in [0.05, 0.1) is 24.5 Å². The fraction of sp³-hybridized carbons (Fsp3) is 0.464. The van der Waals surface area contributed by atoms with E-state index in [1.54, 1.807) is 0 Å². The molecule has 12 heteroatoms. The first kappa shape index (κ1) is 35.8. The summed E-state index contributed by atoms with van der Waals surface area (Å²) in [6.45, 7) is 8.38. The third-order valence-corrected chi connectivity index (χ3v) is 8.28. The molecule has 0 aliphatic heterocycles. The predicted octanol–water partition coefficient (Wildman–Crippen LogP) is 0.132. The Morgan fingerprint density at radius 3 is 2.05 bits per heavy atom. The molecule has 0 radical (unpaired) electrons. The maximum atomic E-state index is 13.3. The topological polar surface area (TPSA) is 154 Å². The third kappa shape index (κ3) is 12.1. The molecule has 3 N–H and O–H groups in total. The summed E-state index contributed by atoms with van der Waals surface area (Å²) < 4.78 is 23.7. The number of ether oxygens (including phenoxy) is 2. The van der Waals surface area contributed by atoms with E-state index in [9.17, 15) is 28.9 Å². The number of amides is 2. The van der Waals surface area contributed by atoms with Crippen LogP contribution < -0.4 is 45.3 Å². The van der Waals surface area contributed by atoms with Crippen LogP contribution in [0.2, 0.25) is 0 Å². The van der Waals surface area contributed by atoms with Crippen LogP contribution in [-0.4, -0.2) is 53.7 Å². The van der Waals surface area contributed by atoms with Crippen LogP contribution >= 0.6 is 7.37 Å². The van der Waals surface area contributed by atoms with Gasteiger partial charge in [0.2, 0.25) is 19.6 Å². The van der Waals surface area contributed by atoms with Crippen molar-refractivity contribution in [2.45, 2.75) is 59.2 Å². The number of carbonyl (C=O) groups excluding carboxylic acids is 3. The molecule has 40 heavy (non-hydrogen) atoms. The van der Waals surface area contributed by atoms with Crippen LogP contribution in [0.3, 0.4) is 0 Å². The van der Waals surface area contributed by atoms with Gasteiger partial charge in [-0.1, -0.05) is 68.4 Å². The van der Waals surface area contributed by atoms with E-state index in [1.807, 2.05) is 68.4 Å². The Bertz CT molecular complexity index is 1150. The fourth-order valence-electron chi connectivity index (χ4n) is 3.67. The average Bonchev–Trinajstić information content (AvgIpc) is 2.87. The molecular weight excluding hydrogens is 546 g/mol. The first-order valence-electron chi connectivity index (χ1n) is 12.8. The van der Waals surface area contributed by atoms with Crippen molar-refractivity contribution in [1.82, 2.24) is 10.6 Å². The van der Waals surface area contributed by atoms with Gasteiger partial charge in [0, 0.05) is 6.16 Å². The first-order chi connectivity index (χ1) is 18.3. The summed E-state index contributed by atoms with van der Waals surface area (Å²) in [5.41, 5.74) is 2.69. The minimum atomic E-state index is -4.16. The summed E-state index contributed by atoms with van der Waals surface area (Å²) in [5.74, 6) is -4.25. The van der Waals surface area contributed by atoms with Gasteiger partial charge < -0.3 is 34.9 Å². The molecular formula is C28H38N2NaO8P. The van der Waals surface area contributed by atoms with E-state index >= 15 is 0 Å². The second-order valence-electron chi connectivity index (χ2n) is 9.97. The minimum absolute atomic E-state index is 0. The molecule has 0 aliphatic rings. The Morgan fingerprint density at radius 1 is 0.925 bits per heavy atom. The molecule has 2 rings (SSSR count). The number of nitrogens with one attached hydrogen (secondary N) is 2. The molecule has 214 valence electrons. The van der Waals surface area contributed by atoms with Gasteiger partial charge in [-0.05, 0) is 49.8 Å². The van der Waals surface area contributed by atoms with Gasteiger partial charge >= 0.3 is 35.7 Å². The number of aliphatic carboxylic acids is 1. The fourth-order valence-corrected chi connectivity index (χ4v) is 5.22. The first-order valence-corrected chi connectivity index (χ1v) is 14.8. The molecule has 0 bridgehead atoms. The van der Waals surface area contributed by atoms with Crippen molar-refractivity contribution in [2.75, 3.05) is 12.8 Å². The molecule has 5 unspecified atom stereocenters. The normalized spacial score (nSPS) is 15.5. The van der Waals surface area contributed by atoms with E-state index in [-0.39, 0.29) is 41.9 Å². The monoisotopic (exact) mass is 584 g/mol. The van der Waals surface area contributed by atoms with Crippen LogP contribution in [0.25, 0.3) is 11.1 Å². The van der Waals surface area contributed by atoms with Crippen LogP contribution in [0.4, 0.5) is 4.79 Å². The number of hydrogen-bond acceptors (Lipinski definition) is 7. The second-order valence-corrected chi connectivity index (χ2v) is 12.6. The van der Waals surface area contributed by atoms with Crippen molar-refractivity contribution >= 4 is 25.3 Å². The number of carboxylic acid groups (broad SMARTS) is 1.